The maximum Gasteiger partial charge on any atom is 0.334 e. The number of amides is 1. The number of piperidine rings is 1. The summed E-state index contributed by atoms with van der Waals surface area (Å²) in [4.78, 5) is 38.2. The Kier molecular flexibility index (Phi) is 5.95. The number of ether oxygens (including phenoxy) is 1. The van der Waals surface area contributed by atoms with E-state index in [1.165, 1.54) is 6.07 Å². The van der Waals surface area contributed by atoms with Crippen LogP contribution in [0.2, 0.25) is 0 Å². The molecule has 5 rings (SSSR count). The highest BCUT2D eigenvalue weighted by molar-refractivity contribution is 5.85. The molecule has 2 aliphatic heterocycles. The first kappa shape index (κ1) is 22.3. The number of rotatable bonds is 7. The molecule has 34 heavy (non-hydrogen) atoms. The molecular weight excluding hydrogens is 436 g/mol. The molecule has 0 aliphatic carbocycles. The molecule has 3 aromatic rings. The van der Waals surface area contributed by atoms with Crippen molar-refractivity contribution >= 4 is 22.5 Å². The molecule has 2 aliphatic rings. The van der Waals surface area contributed by atoms with Gasteiger partial charge in [-0.2, -0.15) is 0 Å². The minimum atomic E-state index is -0.623. The Morgan fingerprint density at radius 2 is 2.00 bits per heavy atom. The minimum absolute atomic E-state index is 0.0286. The number of pyridine rings is 1. The van der Waals surface area contributed by atoms with Crippen molar-refractivity contribution in [2.75, 3.05) is 26.8 Å². The van der Waals surface area contributed by atoms with Crippen molar-refractivity contribution < 1.29 is 14.5 Å². The van der Waals surface area contributed by atoms with Gasteiger partial charge in [-0.15, -0.1) is 0 Å². The molecule has 0 N–H and O–H groups in total. The Morgan fingerprint density at radius 3 is 2.79 bits per heavy atom. The second kappa shape index (κ2) is 9.06. The van der Waals surface area contributed by atoms with Gasteiger partial charge in [0.1, 0.15) is 0 Å². The van der Waals surface area contributed by atoms with Crippen LogP contribution < -0.4 is 5.56 Å². The van der Waals surface area contributed by atoms with E-state index in [2.05, 4.69) is 22.9 Å². The van der Waals surface area contributed by atoms with E-state index in [4.69, 9.17) is 4.74 Å². The average Bonchev–Trinajstić information content (AvgIpc) is 3.19. The maximum absolute atomic E-state index is 13.2. The summed E-state index contributed by atoms with van der Waals surface area (Å²) in [6, 6.07) is 11.2. The van der Waals surface area contributed by atoms with Crippen LogP contribution in [0.5, 0.6) is 0 Å². The molecular formula is C25H28N4O5. The average molecular weight is 465 g/mol. The lowest BCUT2D eigenvalue weighted by Gasteiger charge is -2.42. The molecule has 1 saturated heterocycles. The number of nitro groups is 1. The highest BCUT2D eigenvalue weighted by atomic mass is 16.6. The van der Waals surface area contributed by atoms with Gasteiger partial charge in [-0.3, -0.25) is 19.7 Å². The topological polar surface area (TPSA) is 99.6 Å². The Balaban J connectivity index is 1.30. The number of fused-ring (bicyclic) bond motifs is 5. The largest absolute Gasteiger partial charge is 0.383 e. The number of likely N-dealkylation sites (tertiary alicyclic amines) is 1. The number of benzene rings is 1. The van der Waals surface area contributed by atoms with Gasteiger partial charge in [-0.1, -0.05) is 18.2 Å². The Labute approximate surface area is 196 Å². The zero-order chi connectivity index (χ0) is 23.8. The van der Waals surface area contributed by atoms with E-state index in [9.17, 15) is 19.7 Å². The Bertz CT molecular complexity index is 1310. The van der Waals surface area contributed by atoms with Crippen molar-refractivity contribution in [3.8, 4) is 0 Å². The first-order chi connectivity index (χ1) is 16.5. The summed E-state index contributed by atoms with van der Waals surface area (Å²) in [5.74, 6) is 0.271. The van der Waals surface area contributed by atoms with Gasteiger partial charge in [0, 0.05) is 74.5 Å². The molecule has 2 aromatic heterocycles. The van der Waals surface area contributed by atoms with Crippen molar-refractivity contribution in [3.63, 3.8) is 0 Å². The SMILES string of the molecule is COCCn1cc(CCC(=O)N2C[C@@H]3C[C@@H](C2)c2ccc([N+](=O)[O-])c(=O)n2C3)c2ccccc21. The third kappa shape index (κ3) is 4.00. The normalized spacial score (nSPS) is 19.3. The zero-order valence-electron chi connectivity index (χ0n) is 19.2. The molecule has 1 amide bonds. The van der Waals surface area contributed by atoms with Crippen LogP contribution in [0.3, 0.4) is 0 Å². The predicted molar refractivity (Wildman–Crippen MR) is 127 cm³/mol. The fourth-order valence-electron chi connectivity index (χ4n) is 5.57. The number of aryl methyl sites for hydroxylation is 1. The van der Waals surface area contributed by atoms with E-state index in [1.807, 2.05) is 17.0 Å². The molecule has 1 fully saturated rings. The van der Waals surface area contributed by atoms with E-state index in [0.29, 0.717) is 39.1 Å². The molecule has 0 radical (unpaired) electrons. The summed E-state index contributed by atoms with van der Waals surface area (Å²) in [7, 11) is 1.69. The van der Waals surface area contributed by atoms with Gasteiger partial charge in [-0.05, 0) is 36.5 Å². The third-order valence-corrected chi connectivity index (χ3v) is 7.15. The standard InChI is InChI=1S/C25H28N4O5/c1-34-11-10-26-15-18(20-4-2-3-5-22(20)26)6-9-24(30)27-13-17-12-19(16-27)21-7-8-23(29(32)33)25(31)28(21)14-17/h2-5,7-8,15,17,19H,6,9-14,16H2,1H3/t17-,19-/m0/s1. The summed E-state index contributed by atoms with van der Waals surface area (Å²) in [6.07, 6.45) is 4.10. The smallest absolute Gasteiger partial charge is 0.334 e. The van der Waals surface area contributed by atoms with Gasteiger partial charge in [0.2, 0.25) is 5.91 Å². The second-order valence-corrected chi connectivity index (χ2v) is 9.27. The molecule has 0 spiro atoms. The fraction of sp³-hybridized carbons (Fsp3) is 0.440. The lowest BCUT2D eigenvalue weighted by atomic mass is 9.83. The number of nitrogens with zero attached hydrogens (tertiary/aromatic N) is 4. The molecule has 0 saturated carbocycles. The quantitative estimate of drug-likeness (QED) is 0.395. The van der Waals surface area contributed by atoms with E-state index in [0.717, 1.165) is 35.1 Å². The van der Waals surface area contributed by atoms with Gasteiger partial charge < -0.3 is 18.8 Å². The van der Waals surface area contributed by atoms with Crippen molar-refractivity contribution in [1.82, 2.24) is 14.0 Å². The van der Waals surface area contributed by atoms with E-state index in [1.54, 1.807) is 17.7 Å². The first-order valence-electron chi connectivity index (χ1n) is 11.7. The van der Waals surface area contributed by atoms with Crippen LogP contribution in [0.1, 0.15) is 30.0 Å². The number of hydrogen-bond acceptors (Lipinski definition) is 5. The second-order valence-electron chi connectivity index (χ2n) is 9.27. The number of methoxy groups -OCH3 is 1. The summed E-state index contributed by atoms with van der Waals surface area (Å²) >= 11 is 0. The van der Waals surface area contributed by atoms with Gasteiger partial charge in [0.25, 0.3) is 0 Å². The molecule has 4 heterocycles. The molecule has 9 heteroatoms. The molecule has 0 unspecified atom stereocenters. The van der Waals surface area contributed by atoms with Crippen LogP contribution in [-0.2, 0) is 29.0 Å². The molecule has 2 bridgehead atoms. The molecule has 178 valence electrons. The van der Waals surface area contributed by atoms with Crippen LogP contribution in [0, 0.1) is 16.0 Å². The molecule has 9 nitrogen and oxygen atoms in total. The lowest BCUT2D eigenvalue weighted by Crippen LogP contribution is -2.49. The summed E-state index contributed by atoms with van der Waals surface area (Å²) in [6.45, 7) is 2.93. The summed E-state index contributed by atoms with van der Waals surface area (Å²) in [5.41, 5.74) is 2.17. The van der Waals surface area contributed by atoms with Gasteiger partial charge in [0.15, 0.2) is 0 Å². The monoisotopic (exact) mass is 464 g/mol. The Hall–Kier alpha value is -3.46. The van der Waals surface area contributed by atoms with Crippen LogP contribution in [0.4, 0.5) is 5.69 Å². The number of carbonyl (C=O) groups is 1. The van der Waals surface area contributed by atoms with Crippen LogP contribution in [-0.4, -0.2) is 51.7 Å². The maximum atomic E-state index is 13.2. The van der Waals surface area contributed by atoms with Gasteiger partial charge >= 0.3 is 11.2 Å². The molecule has 1 aromatic carbocycles. The third-order valence-electron chi connectivity index (χ3n) is 7.15. The highest BCUT2D eigenvalue weighted by Crippen LogP contribution is 2.36. The number of hydrogen-bond donors (Lipinski definition) is 0. The summed E-state index contributed by atoms with van der Waals surface area (Å²) in [5, 5.41) is 12.3. The van der Waals surface area contributed by atoms with Crippen LogP contribution in [0.25, 0.3) is 10.9 Å². The Morgan fingerprint density at radius 1 is 1.18 bits per heavy atom. The minimum Gasteiger partial charge on any atom is -0.383 e. The van der Waals surface area contributed by atoms with Crippen LogP contribution >= 0.6 is 0 Å². The summed E-state index contributed by atoms with van der Waals surface area (Å²) < 4.78 is 8.96. The van der Waals surface area contributed by atoms with E-state index < -0.39 is 10.5 Å². The van der Waals surface area contributed by atoms with Crippen molar-refractivity contribution in [2.45, 2.75) is 38.3 Å². The lowest BCUT2D eigenvalue weighted by molar-refractivity contribution is -0.386. The number of carbonyl (C=O) groups excluding carboxylic acids is 1. The van der Waals surface area contributed by atoms with Crippen molar-refractivity contribution in [2.24, 2.45) is 5.92 Å². The highest BCUT2D eigenvalue weighted by Gasteiger charge is 2.37. The van der Waals surface area contributed by atoms with Crippen molar-refractivity contribution in [3.05, 3.63) is 74.3 Å². The van der Waals surface area contributed by atoms with E-state index >= 15 is 0 Å². The number of para-hydroxylation sites is 1. The van der Waals surface area contributed by atoms with Gasteiger partial charge in [0.05, 0.1) is 11.5 Å². The van der Waals surface area contributed by atoms with Crippen molar-refractivity contribution in [1.29, 1.82) is 0 Å². The van der Waals surface area contributed by atoms with Gasteiger partial charge in [-0.25, -0.2) is 0 Å². The number of aromatic nitrogens is 2. The van der Waals surface area contributed by atoms with Crippen LogP contribution in [0.15, 0.2) is 47.4 Å². The van der Waals surface area contributed by atoms with E-state index in [-0.39, 0.29) is 23.4 Å². The fourth-order valence-corrected chi connectivity index (χ4v) is 5.57. The zero-order valence-corrected chi connectivity index (χ0v) is 19.2. The predicted octanol–water partition coefficient (Wildman–Crippen LogP) is 2.94. The molecule has 2 atom stereocenters. The first-order valence-corrected chi connectivity index (χ1v) is 11.7.